The van der Waals surface area contributed by atoms with E-state index < -0.39 is 0 Å². The van der Waals surface area contributed by atoms with Gasteiger partial charge in [-0.25, -0.2) is 0 Å². The number of fused-ring (bicyclic) bond motifs is 1. The molecule has 0 bridgehead atoms. The molecule has 0 unspecified atom stereocenters. The third kappa shape index (κ3) is 0.951. The highest BCUT2D eigenvalue weighted by Crippen LogP contribution is 2.26. The van der Waals surface area contributed by atoms with Crippen molar-refractivity contribution in [3.05, 3.63) is 22.7 Å². The predicted octanol–water partition coefficient (Wildman–Crippen LogP) is 2.22. The lowest BCUT2D eigenvalue weighted by atomic mass is 10.2. The second kappa shape index (κ2) is 2.70. The van der Waals surface area contributed by atoms with Gasteiger partial charge >= 0.3 is 0 Å². The summed E-state index contributed by atoms with van der Waals surface area (Å²) in [5, 5.41) is 13.1. The van der Waals surface area contributed by atoms with Crippen molar-refractivity contribution >= 4 is 33.4 Å². The van der Waals surface area contributed by atoms with Crippen LogP contribution in [0.5, 0.6) is 0 Å². The molecule has 0 aliphatic heterocycles. The van der Waals surface area contributed by atoms with Crippen LogP contribution in [-0.4, -0.2) is 9.59 Å². The van der Waals surface area contributed by atoms with Crippen LogP contribution in [0.25, 0.3) is 10.2 Å². The van der Waals surface area contributed by atoms with Crippen molar-refractivity contribution in [2.24, 2.45) is 0 Å². The van der Waals surface area contributed by atoms with Crippen molar-refractivity contribution in [1.82, 2.24) is 9.59 Å². The molecule has 0 saturated carbocycles. The van der Waals surface area contributed by atoms with E-state index in [0.29, 0.717) is 16.1 Å². The molecule has 0 saturated heterocycles. The number of halogens is 1. The van der Waals surface area contributed by atoms with Crippen molar-refractivity contribution in [3.8, 4) is 6.07 Å². The molecule has 3 nitrogen and oxygen atoms in total. The van der Waals surface area contributed by atoms with Crippen LogP contribution < -0.4 is 0 Å². The number of rotatable bonds is 0. The maximum Gasteiger partial charge on any atom is 0.125 e. The number of hydrogen-bond acceptors (Lipinski definition) is 4. The van der Waals surface area contributed by atoms with Gasteiger partial charge in [0.05, 0.1) is 15.3 Å². The Morgan fingerprint density at radius 3 is 3.08 bits per heavy atom. The second-order valence-electron chi connectivity index (χ2n) is 2.16. The van der Waals surface area contributed by atoms with E-state index in [1.807, 2.05) is 0 Å². The Hall–Kier alpha value is -1.18. The molecule has 1 aromatic heterocycles. The average molecular weight is 196 g/mol. The monoisotopic (exact) mass is 195 g/mol. The molecule has 2 rings (SSSR count). The standard InChI is InChI=1S/C7H2ClN3S/c8-5-2-1-4(3-9)7-6(5)10-11-12-7/h1-2H. The van der Waals surface area contributed by atoms with Gasteiger partial charge in [-0.2, -0.15) is 5.26 Å². The zero-order chi connectivity index (χ0) is 8.55. The zero-order valence-electron chi connectivity index (χ0n) is 5.78. The molecule has 0 aliphatic rings. The van der Waals surface area contributed by atoms with Crippen LogP contribution in [0.1, 0.15) is 5.56 Å². The van der Waals surface area contributed by atoms with Gasteiger partial charge in [-0.1, -0.05) is 16.1 Å². The van der Waals surface area contributed by atoms with Gasteiger partial charge < -0.3 is 0 Å². The molecule has 58 valence electrons. The minimum atomic E-state index is 0.540. The summed E-state index contributed by atoms with van der Waals surface area (Å²) in [6, 6.07) is 5.38. The topological polar surface area (TPSA) is 49.6 Å². The van der Waals surface area contributed by atoms with Crippen molar-refractivity contribution < 1.29 is 0 Å². The van der Waals surface area contributed by atoms with Gasteiger partial charge in [-0.05, 0) is 23.7 Å². The molecule has 12 heavy (non-hydrogen) atoms. The lowest BCUT2D eigenvalue weighted by Gasteiger charge is -1.91. The molecule has 2 aromatic rings. The predicted molar refractivity (Wildman–Crippen MR) is 47.1 cm³/mol. The Kier molecular flexibility index (Phi) is 1.68. The largest absolute Gasteiger partial charge is 0.192 e. The normalized spacial score (nSPS) is 10.0. The summed E-state index contributed by atoms with van der Waals surface area (Å²) in [7, 11) is 0. The van der Waals surface area contributed by atoms with Crippen LogP contribution in [0.15, 0.2) is 12.1 Å². The first-order valence-corrected chi connectivity index (χ1v) is 4.28. The maximum absolute atomic E-state index is 8.70. The SMILES string of the molecule is N#Cc1ccc(Cl)c2nnsc12. The fourth-order valence-electron chi connectivity index (χ4n) is 0.923. The summed E-state index contributed by atoms with van der Waals surface area (Å²) < 4.78 is 4.48. The number of hydrogen-bond donors (Lipinski definition) is 0. The van der Waals surface area contributed by atoms with Crippen molar-refractivity contribution in [2.75, 3.05) is 0 Å². The summed E-state index contributed by atoms with van der Waals surface area (Å²) >= 11 is 7.01. The molecule has 1 aromatic carbocycles. The Morgan fingerprint density at radius 2 is 2.33 bits per heavy atom. The van der Waals surface area contributed by atoms with Crippen LogP contribution in [0, 0.1) is 11.3 Å². The first kappa shape index (κ1) is 7.47. The molecule has 0 N–H and O–H groups in total. The Labute approximate surface area is 77.4 Å². The molecule has 0 aliphatic carbocycles. The average Bonchev–Trinajstić information content (AvgIpc) is 2.54. The van der Waals surface area contributed by atoms with Gasteiger partial charge in [0.25, 0.3) is 0 Å². The summed E-state index contributed by atoms with van der Waals surface area (Å²) in [6.45, 7) is 0. The van der Waals surface area contributed by atoms with Crippen LogP contribution in [0.3, 0.4) is 0 Å². The summed E-state index contributed by atoms with van der Waals surface area (Å²) in [5.74, 6) is 0. The van der Waals surface area contributed by atoms with Gasteiger partial charge in [-0.15, -0.1) is 5.10 Å². The van der Waals surface area contributed by atoms with Gasteiger partial charge in [0.15, 0.2) is 0 Å². The molecule has 0 radical (unpaired) electrons. The summed E-state index contributed by atoms with van der Waals surface area (Å²) in [5.41, 5.74) is 1.19. The minimum absolute atomic E-state index is 0.540. The van der Waals surface area contributed by atoms with Gasteiger partial charge in [0.1, 0.15) is 11.6 Å². The lowest BCUT2D eigenvalue weighted by Crippen LogP contribution is -1.76. The minimum Gasteiger partial charge on any atom is -0.192 e. The summed E-state index contributed by atoms with van der Waals surface area (Å²) in [4.78, 5) is 0. The van der Waals surface area contributed by atoms with E-state index in [2.05, 4.69) is 15.7 Å². The van der Waals surface area contributed by atoms with Crippen LogP contribution >= 0.6 is 23.1 Å². The first-order valence-electron chi connectivity index (χ1n) is 3.13. The van der Waals surface area contributed by atoms with Crippen LogP contribution in [-0.2, 0) is 0 Å². The maximum atomic E-state index is 8.70. The first-order chi connectivity index (χ1) is 5.83. The highest BCUT2D eigenvalue weighted by molar-refractivity contribution is 7.13. The van der Waals surface area contributed by atoms with E-state index in [4.69, 9.17) is 16.9 Å². The molecular weight excluding hydrogens is 194 g/mol. The Balaban J connectivity index is 2.94. The highest BCUT2D eigenvalue weighted by atomic mass is 35.5. The molecule has 0 fully saturated rings. The van der Waals surface area contributed by atoms with Crippen molar-refractivity contribution in [1.29, 1.82) is 5.26 Å². The number of benzene rings is 1. The van der Waals surface area contributed by atoms with E-state index in [1.54, 1.807) is 12.1 Å². The molecule has 0 amide bonds. The van der Waals surface area contributed by atoms with E-state index in [0.717, 1.165) is 4.70 Å². The van der Waals surface area contributed by atoms with Gasteiger partial charge in [-0.3, -0.25) is 0 Å². The Bertz CT molecular complexity index is 471. The van der Waals surface area contributed by atoms with E-state index in [1.165, 1.54) is 11.5 Å². The number of nitrogens with zero attached hydrogens (tertiary/aromatic N) is 3. The van der Waals surface area contributed by atoms with Gasteiger partial charge in [0.2, 0.25) is 0 Å². The fourth-order valence-corrected chi connectivity index (χ4v) is 1.83. The molecule has 1 heterocycles. The third-order valence-electron chi connectivity index (χ3n) is 1.48. The number of nitriles is 1. The second-order valence-corrected chi connectivity index (χ2v) is 3.32. The Morgan fingerprint density at radius 1 is 1.50 bits per heavy atom. The highest BCUT2D eigenvalue weighted by Gasteiger charge is 2.07. The van der Waals surface area contributed by atoms with Gasteiger partial charge in [0, 0.05) is 0 Å². The molecule has 0 atom stereocenters. The molecule has 0 spiro atoms. The van der Waals surface area contributed by atoms with Crippen molar-refractivity contribution in [3.63, 3.8) is 0 Å². The van der Waals surface area contributed by atoms with E-state index in [-0.39, 0.29) is 0 Å². The zero-order valence-corrected chi connectivity index (χ0v) is 7.35. The van der Waals surface area contributed by atoms with Crippen LogP contribution in [0.2, 0.25) is 5.02 Å². The van der Waals surface area contributed by atoms with E-state index in [9.17, 15) is 0 Å². The van der Waals surface area contributed by atoms with Crippen molar-refractivity contribution in [2.45, 2.75) is 0 Å². The molecular formula is C7H2ClN3S. The summed E-state index contributed by atoms with van der Waals surface area (Å²) in [6.07, 6.45) is 0. The third-order valence-corrected chi connectivity index (χ3v) is 2.54. The lowest BCUT2D eigenvalue weighted by molar-refractivity contribution is 1.20. The quantitative estimate of drug-likeness (QED) is 0.648. The fraction of sp³-hybridized carbons (Fsp3) is 0. The molecule has 5 heteroatoms. The van der Waals surface area contributed by atoms with Crippen LogP contribution in [0.4, 0.5) is 0 Å². The smallest absolute Gasteiger partial charge is 0.125 e. The number of aromatic nitrogens is 2. The van der Waals surface area contributed by atoms with E-state index >= 15 is 0 Å².